The van der Waals surface area contributed by atoms with Gasteiger partial charge < -0.3 is 9.47 Å². The molecule has 0 aromatic heterocycles. The van der Waals surface area contributed by atoms with Crippen LogP contribution in [0, 0.1) is 5.92 Å². The highest BCUT2D eigenvalue weighted by molar-refractivity contribution is 7.98. The van der Waals surface area contributed by atoms with Gasteiger partial charge in [0.1, 0.15) is 11.9 Å². The van der Waals surface area contributed by atoms with E-state index in [1.54, 1.807) is 23.9 Å². The third-order valence-electron chi connectivity index (χ3n) is 3.65. The predicted molar refractivity (Wildman–Crippen MR) is 97.3 cm³/mol. The van der Waals surface area contributed by atoms with Gasteiger partial charge in [0.2, 0.25) is 0 Å². The molecule has 5 heteroatoms. The second kappa shape index (κ2) is 11.1. The number of thioether (sulfide) groups is 1. The Morgan fingerprint density at radius 3 is 2.25 bits per heavy atom. The van der Waals surface area contributed by atoms with Crippen molar-refractivity contribution in [2.75, 3.05) is 6.26 Å². The maximum atomic E-state index is 11.9. The Bertz CT molecular complexity index is 511. The summed E-state index contributed by atoms with van der Waals surface area (Å²) in [4.78, 5) is 24.8. The maximum Gasteiger partial charge on any atom is 0.311 e. The molecule has 1 unspecified atom stereocenters. The second-order valence-corrected chi connectivity index (χ2v) is 6.94. The number of hydrogen-bond donors (Lipinski definition) is 0. The molecule has 1 atom stereocenters. The molecule has 1 aromatic rings. The molecule has 0 bridgehead atoms. The van der Waals surface area contributed by atoms with E-state index >= 15 is 0 Å². The molecule has 0 heterocycles. The van der Waals surface area contributed by atoms with Gasteiger partial charge >= 0.3 is 11.9 Å². The number of carbonyl (C=O) groups is 2. The van der Waals surface area contributed by atoms with Gasteiger partial charge in [-0.25, -0.2) is 0 Å². The fourth-order valence-corrected chi connectivity index (χ4v) is 2.65. The van der Waals surface area contributed by atoms with E-state index in [1.807, 2.05) is 32.2 Å². The third-order valence-corrected chi connectivity index (χ3v) is 4.40. The molecule has 0 aliphatic heterocycles. The van der Waals surface area contributed by atoms with Crippen LogP contribution in [0.15, 0.2) is 29.2 Å². The summed E-state index contributed by atoms with van der Waals surface area (Å²) < 4.78 is 10.7. The standard InChI is InChI=1S/C19H28O4S/c1-5-7-17(14(2)3)23-19(21)9-6-8-18(20)22-15-10-12-16(24-4)13-11-15/h10-14,17H,5-9H2,1-4H3. The Morgan fingerprint density at radius 2 is 1.71 bits per heavy atom. The molecule has 0 saturated carbocycles. The van der Waals surface area contributed by atoms with E-state index in [1.165, 1.54) is 0 Å². The zero-order valence-electron chi connectivity index (χ0n) is 15.0. The third kappa shape index (κ3) is 7.86. The van der Waals surface area contributed by atoms with Crippen LogP contribution in [0.4, 0.5) is 0 Å². The zero-order valence-corrected chi connectivity index (χ0v) is 15.9. The highest BCUT2D eigenvalue weighted by atomic mass is 32.2. The molecule has 0 saturated heterocycles. The van der Waals surface area contributed by atoms with Crippen LogP contribution in [0.25, 0.3) is 0 Å². The van der Waals surface area contributed by atoms with Gasteiger partial charge in [-0.3, -0.25) is 9.59 Å². The molecule has 0 radical (unpaired) electrons. The van der Waals surface area contributed by atoms with Crippen molar-refractivity contribution in [2.24, 2.45) is 5.92 Å². The molecule has 0 aliphatic rings. The van der Waals surface area contributed by atoms with Crippen molar-refractivity contribution < 1.29 is 19.1 Å². The van der Waals surface area contributed by atoms with Crippen LogP contribution in [-0.2, 0) is 14.3 Å². The van der Waals surface area contributed by atoms with E-state index in [4.69, 9.17) is 9.47 Å². The van der Waals surface area contributed by atoms with Gasteiger partial charge in [0.05, 0.1) is 0 Å². The smallest absolute Gasteiger partial charge is 0.311 e. The quantitative estimate of drug-likeness (QED) is 0.342. The summed E-state index contributed by atoms with van der Waals surface area (Å²) in [6.07, 6.45) is 4.70. The molecule has 0 amide bonds. The summed E-state index contributed by atoms with van der Waals surface area (Å²) in [6, 6.07) is 7.36. The molecule has 0 aliphatic carbocycles. The van der Waals surface area contributed by atoms with Crippen LogP contribution in [-0.4, -0.2) is 24.3 Å². The lowest BCUT2D eigenvalue weighted by atomic mass is 10.0. The van der Waals surface area contributed by atoms with Crippen molar-refractivity contribution in [3.8, 4) is 5.75 Å². The van der Waals surface area contributed by atoms with Crippen LogP contribution in [0.5, 0.6) is 5.75 Å². The molecule has 0 fully saturated rings. The summed E-state index contributed by atoms with van der Waals surface area (Å²) >= 11 is 1.63. The topological polar surface area (TPSA) is 52.6 Å². The number of rotatable bonds is 10. The zero-order chi connectivity index (χ0) is 17.9. The number of hydrogen-bond acceptors (Lipinski definition) is 5. The molecule has 1 aromatic carbocycles. The fourth-order valence-electron chi connectivity index (χ4n) is 2.24. The lowest BCUT2D eigenvalue weighted by Gasteiger charge is -2.20. The lowest BCUT2D eigenvalue weighted by molar-refractivity contribution is -0.151. The van der Waals surface area contributed by atoms with Gasteiger partial charge in [0.25, 0.3) is 0 Å². The van der Waals surface area contributed by atoms with E-state index in [0.717, 1.165) is 17.7 Å². The normalized spacial score (nSPS) is 12.0. The Labute approximate surface area is 149 Å². The van der Waals surface area contributed by atoms with Gasteiger partial charge in [-0.2, -0.15) is 0 Å². The monoisotopic (exact) mass is 352 g/mol. The lowest BCUT2D eigenvalue weighted by Crippen LogP contribution is -2.23. The Morgan fingerprint density at radius 1 is 1.08 bits per heavy atom. The first-order chi connectivity index (χ1) is 11.5. The summed E-state index contributed by atoms with van der Waals surface area (Å²) in [7, 11) is 0. The molecule has 0 N–H and O–H groups in total. The average molecular weight is 352 g/mol. The van der Waals surface area contributed by atoms with Crippen LogP contribution >= 0.6 is 11.8 Å². The molecular formula is C19H28O4S. The van der Waals surface area contributed by atoms with Crippen molar-refractivity contribution in [3.05, 3.63) is 24.3 Å². The van der Waals surface area contributed by atoms with E-state index in [2.05, 4.69) is 6.92 Å². The minimum atomic E-state index is -0.325. The Balaban J connectivity index is 2.29. The van der Waals surface area contributed by atoms with Crippen molar-refractivity contribution in [2.45, 2.75) is 63.9 Å². The largest absolute Gasteiger partial charge is 0.462 e. The van der Waals surface area contributed by atoms with Crippen LogP contribution in [0.1, 0.15) is 52.9 Å². The predicted octanol–water partition coefficient (Wildman–Crippen LogP) is 4.85. The maximum absolute atomic E-state index is 11.9. The van der Waals surface area contributed by atoms with Crippen molar-refractivity contribution in [1.29, 1.82) is 0 Å². The number of benzene rings is 1. The van der Waals surface area contributed by atoms with E-state index in [9.17, 15) is 9.59 Å². The molecule has 1 rings (SSSR count). The molecular weight excluding hydrogens is 324 g/mol. The van der Waals surface area contributed by atoms with Crippen molar-refractivity contribution in [3.63, 3.8) is 0 Å². The summed E-state index contributed by atoms with van der Waals surface area (Å²) in [6.45, 7) is 6.17. The van der Waals surface area contributed by atoms with Gasteiger partial charge in [0, 0.05) is 17.7 Å². The van der Waals surface area contributed by atoms with E-state index in [-0.39, 0.29) is 30.9 Å². The number of carbonyl (C=O) groups excluding carboxylic acids is 2. The first-order valence-corrected chi connectivity index (χ1v) is 9.73. The minimum absolute atomic E-state index is 0.0376. The van der Waals surface area contributed by atoms with Gasteiger partial charge in [-0.05, 0) is 49.3 Å². The summed E-state index contributed by atoms with van der Waals surface area (Å²) in [5.74, 6) is 0.277. The summed E-state index contributed by atoms with van der Waals surface area (Å²) in [5, 5.41) is 0. The number of ether oxygens (including phenoxy) is 2. The number of esters is 2. The van der Waals surface area contributed by atoms with Crippen LogP contribution < -0.4 is 4.74 Å². The highest BCUT2D eigenvalue weighted by Gasteiger charge is 2.17. The molecule has 134 valence electrons. The second-order valence-electron chi connectivity index (χ2n) is 6.06. The van der Waals surface area contributed by atoms with Crippen LogP contribution in [0.3, 0.4) is 0 Å². The van der Waals surface area contributed by atoms with Crippen molar-refractivity contribution >= 4 is 23.7 Å². The molecule has 24 heavy (non-hydrogen) atoms. The van der Waals surface area contributed by atoms with E-state index < -0.39 is 0 Å². The SMILES string of the molecule is CCCC(OC(=O)CCCC(=O)Oc1ccc(SC)cc1)C(C)C. The Hall–Kier alpha value is -1.49. The van der Waals surface area contributed by atoms with Gasteiger partial charge in [0.15, 0.2) is 0 Å². The highest BCUT2D eigenvalue weighted by Crippen LogP contribution is 2.19. The Kier molecular flexibility index (Phi) is 9.53. The summed E-state index contributed by atoms with van der Waals surface area (Å²) in [5.41, 5.74) is 0. The average Bonchev–Trinajstić information content (AvgIpc) is 2.55. The van der Waals surface area contributed by atoms with Crippen molar-refractivity contribution in [1.82, 2.24) is 0 Å². The minimum Gasteiger partial charge on any atom is -0.462 e. The first-order valence-electron chi connectivity index (χ1n) is 8.50. The fraction of sp³-hybridized carbons (Fsp3) is 0.579. The first kappa shape index (κ1) is 20.6. The van der Waals surface area contributed by atoms with E-state index in [0.29, 0.717) is 18.1 Å². The molecule has 0 spiro atoms. The van der Waals surface area contributed by atoms with Gasteiger partial charge in [-0.1, -0.05) is 27.2 Å². The van der Waals surface area contributed by atoms with Crippen LogP contribution in [0.2, 0.25) is 0 Å². The molecule has 4 nitrogen and oxygen atoms in total. The van der Waals surface area contributed by atoms with Gasteiger partial charge in [-0.15, -0.1) is 11.8 Å².